The van der Waals surface area contributed by atoms with Gasteiger partial charge in [-0.3, -0.25) is 4.79 Å². The molecule has 1 aromatic rings. The molecule has 1 aliphatic heterocycles. The summed E-state index contributed by atoms with van der Waals surface area (Å²) in [6.45, 7) is 8.09. The Hall–Kier alpha value is -1.40. The molecule has 0 atom stereocenters. The Morgan fingerprint density at radius 3 is 2.33 bits per heavy atom. The monoisotopic (exact) mass is 352 g/mol. The molecule has 1 amide bonds. The summed E-state index contributed by atoms with van der Waals surface area (Å²) >= 11 is 0. The van der Waals surface area contributed by atoms with Gasteiger partial charge in [0.25, 0.3) is 0 Å². The van der Waals surface area contributed by atoms with Gasteiger partial charge in [-0.25, -0.2) is 8.42 Å². The van der Waals surface area contributed by atoms with E-state index in [2.05, 4.69) is 0 Å². The third-order valence-electron chi connectivity index (χ3n) is 4.07. The van der Waals surface area contributed by atoms with Gasteiger partial charge in [0.1, 0.15) is 0 Å². The smallest absolute Gasteiger partial charge is 0.223 e. The van der Waals surface area contributed by atoms with Crippen molar-refractivity contribution in [1.29, 1.82) is 0 Å². The van der Waals surface area contributed by atoms with Crippen molar-refractivity contribution in [3.8, 4) is 0 Å². The lowest BCUT2D eigenvalue weighted by Gasteiger charge is -2.25. The maximum Gasteiger partial charge on any atom is 0.223 e. The molecular formula is C18H28N2O3S. The molecule has 24 heavy (non-hydrogen) atoms. The lowest BCUT2D eigenvalue weighted by Crippen LogP contribution is -2.38. The number of carbonyl (C=O) groups excluding carboxylic acids is 1. The SMILES string of the molecule is CC(C)(C)CC(=O)N1CCCN(S(=O)(=O)Cc2ccccc2)CC1. The van der Waals surface area contributed by atoms with Crippen LogP contribution in [0.25, 0.3) is 0 Å². The first-order valence-electron chi connectivity index (χ1n) is 8.47. The molecule has 1 aliphatic rings. The highest BCUT2D eigenvalue weighted by Gasteiger charge is 2.28. The number of hydrogen-bond donors (Lipinski definition) is 0. The third-order valence-corrected chi connectivity index (χ3v) is 5.92. The molecule has 1 fully saturated rings. The van der Waals surface area contributed by atoms with E-state index < -0.39 is 10.0 Å². The van der Waals surface area contributed by atoms with Crippen LogP contribution in [0.15, 0.2) is 30.3 Å². The fourth-order valence-corrected chi connectivity index (χ4v) is 4.43. The second-order valence-electron chi connectivity index (χ2n) is 7.61. The van der Waals surface area contributed by atoms with Crippen LogP contribution in [-0.2, 0) is 20.6 Å². The van der Waals surface area contributed by atoms with Gasteiger partial charge in [0.15, 0.2) is 0 Å². The van der Waals surface area contributed by atoms with Crippen LogP contribution >= 0.6 is 0 Å². The molecule has 0 saturated carbocycles. The summed E-state index contributed by atoms with van der Waals surface area (Å²) in [5.41, 5.74) is 0.741. The molecule has 134 valence electrons. The molecule has 0 spiro atoms. The minimum atomic E-state index is -3.35. The normalized spacial score (nSPS) is 17.5. The van der Waals surface area contributed by atoms with E-state index in [1.165, 1.54) is 4.31 Å². The van der Waals surface area contributed by atoms with Gasteiger partial charge in [-0.2, -0.15) is 4.31 Å². The van der Waals surface area contributed by atoms with E-state index in [1.54, 1.807) is 0 Å². The Bertz CT molecular complexity index is 651. The van der Waals surface area contributed by atoms with Crippen molar-refractivity contribution in [2.24, 2.45) is 5.41 Å². The molecule has 0 unspecified atom stereocenters. The average molecular weight is 353 g/mol. The van der Waals surface area contributed by atoms with Crippen molar-refractivity contribution in [3.63, 3.8) is 0 Å². The van der Waals surface area contributed by atoms with Crippen molar-refractivity contribution < 1.29 is 13.2 Å². The first-order valence-corrected chi connectivity index (χ1v) is 10.1. The van der Waals surface area contributed by atoms with Gasteiger partial charge >= 0.3 is 0 Å². The summed E-state index contributed by atoms with van der Waals surface area (Å²) in [7, 11) is -3.35. The van der Waals surface area contributed by atoms with Gasteiger partial charge in [-0.1, -0.05) is 51.1 Å². The van der Waals surface area contributed by atoms with Crippen LogP contribution in [-0.4, -0.2) is 49.7 Å². The van der Waals surface area contributed by atoms with E-state index in [1.807, 2.05) is 56.0 Å². The molecule has 1 heterocycles. The molecule has 0 N–H and O–H groups in total. The number of carbonyl (C=O) groups is 1. The van der Waals surface area contributed by atoms with Crippen molar-refractivity contribution in [2.45, 2.75) is 39.4 Å². The van der Waals surface area contributed by atoms with E-state index in [0.717, 1.165) is 5.56 Å². The molecule has 0 bridgehead atoms. The molecular weight excluding hydrogens is 324 g/mol. The summed E-state index contributed by atoms with van der Waals surface area (Å²) in [4.78, 5) is 14.2. The number of sulfonamides is 1. The van der Waals surface area contributed by atoms with Crippen LogP contribution in [0.5, 0.6) is 0 Å². The predicted octanol–water partition coefficient (Wildman–Crippen LogP) is 2.49. The van der Waals surface area contributed by atoms with Crippen LogP contribution in [0.3, 0.4) is 0 Å². The summed E-state index contributed by atoms with van der Waals surface area (Å²) in [6, 6.07) is 9.23. The zero-order chi connectivity index (χ0) is 17.8. The van der Waals surface area contributed by atoms with Gasteiger partial charge in [-0.15, -0.1) is 0 Å². The second-order valence-corrected chi connectivity index (χ2v) is 9.58. The number of benzene rings is 1. The van der Waals surface area contributed by atoms with E-state index in [9.17, 15) is 13.2 Å². The highest BCUT2D eigenvalue weighted by atomic mass is 32.2. The summed E-state index contributed by atoms with van der Waals surface area (Å²) in [5, 5.41) is 0. The van der Waals surface area contributed by atoms with E-state index >= 15 is 0 Å². The summed E-state index contributed by atoms with van der Waals surface area (Å²) in [6.07, 6.45) is 1.17. The van der Waals surface area contributed by atoms with Crippen molar-refractivity contribution in [1.82, 2.24) is 9.21 Å². The molecule has 1 aromatic carbocycles. The van der Waals surface area contributed by atoms with Crippen LogP contribution in [0.1, 0.15) is 39.2 Å². The standard InChI is InChI=1S/C18H28N2O3S/c1-18(2,3)14-17(21)19-10-7-11-20(13-12-19)24(22,23)15-16-8-5-4-6-9-16/h4-6,8-9H,7,10-15H2,1-3H3. The predicted molar refractivity (Wildman–Crippen MR) is 95.9 cm³/mol. The Morgan fingerprint density at radius 2 is 1.71 bits per heavy atom. The van der Waals surface area contributed by atoms with Crippen LogP contribution in [0.4, 0.5) is 0 Å². The van der Waals surface area contributed by atoms with E-state index in [-0.39, 0.29) is 17.1 Å². The molecule has 5 nitrogen and oxygen atoms in total. The number of hydrogen-bond acceptors (Lipinski definition) is 3. The first-order chi connectivity index (χ1) is 11.2. The zero-order valence-corrected chi connectivity index (χ0v) is 15.7. The van der Waals surface area contributed by atoms with Gasteiger partial charge in [0.05, 0.1) is 5.75 Å². The van der Waals surface area contributed by atoms with E-state index in [4.69, 9.17) is 0 Å². The van der Waals surface area contributed by atoms with Crippen LogP contribution in [0.2, 0.25) is 0 Å². The van der Waals surface area contributed by atoms with Gasteiger partial charge < -0.3 is 4.90 Å². The lowest BCUT2D eigenvalue weighted by atomic mass is 9.91. The average Bonchev–Trinajstić information content (AvgIpc) is 2.72. The van der Waals surface area contributed by atoms with Crippen molar-refractivity contribution in [2.75, 3.05) is 26.2 Å². The molecule has 2 rings (SSSR count). The van der Waals surface area contributed by atoms with Gasteiger partial charge in [0.2, 0.25) is 15.9 Å². The Kier molecular flexibility index (Phi) is 6.04. The van der Waals surface area contributed by atoms with Crippen molar-refractivity contribution in [3.05, 3.63) is 35.9 Å². The molecule has 0 radical (unpaired) electrons. The highest BCUT2D eigenvalue weighted by molar-refractivity contribution is 7.88. The topological polar surface area (TPSA) is 57.7 Å². The third kappa shape index (κ3) is 5.60. The molecule has 0 aromatic heterocycles. The van der Waals surface area contributed by atoms with E-state index in [0.29, 0.717) is 39.0 Å². The zero-order valence-electron chi connectivity index (χ0n) is 14.9. The fourth-order valence-electron chi connectivity index (χ4n) is 2.86. The molecule has 6 heteroatoms. The maximum absolute atomic E-state index is 12.6. The minimum absolute atomic E-state index is 0.0176. The fraction of sp³-hybridized carbons (Fsp3) is 0.611. The maximum atomic E-state index is 12.6. The number of rotatable bonds is 4. The van der Waals surface area contributed by atoms with Crippen LogP contribution in [0, 0.1) is 5.41 Å². The molecule has 0 aliphatic carbocycles. The Morgan fingerprint density at radius 1 is 1.04 bits per heavy atom. The van der Waals surface area contributed by atoms with Gasteiger partial charge in [-0.05, 0) is 17.4 Å². The first kappa shape index (κ1) is 18.9. The Labute approximate surface area is 145 Å². The second kappa shape index (κ2) is 7.66. The number of nitrogens with zero attached hydrogens (tertiary/aromatic N) is 2. The lowest BCUT2D eigenvalue weighted by molar-refractivity contribution is -0.132. The van der Waals surface area contributed by atoms with Gasteiger partial charge in [0, 0.05) is 32.6 Å². The van der Waals surface area contributed by atoms with Crippen LogP contribution < -0.4 is 0 Å². The highest BCUT2D eigenvalue weighted by Crippen LogP contribution is 2.21. The Balaban J connectivity index is 1.98. The van der Waals surface area contributed by atoms with Crippen molar-refractivity contribution >= 4 is 15.9 Å². The largest absolute Gasteiger partial charge is 0.341 e. The summed E-state index contributed by atoms with van der Waals surface area (Å²) in [5.74, 6) is 0.133. The summed E-state index contributed by atoms with van der Waals surface area (Å²) < 4.78 is 26.8. The molecule has 1 saturated heterocycles. The number of amides is 1. The quantitative estimate of drug-likeness (QED) is 0.836. The minimum Gasteiger partial charge on any atom is -0.341 e.